The Hall–Kier alpha value is -2.34. The van der Waals surface area contributed by atoms with Gasteiger partial charge in [-0.05, 0) is 5.92 Å². The monoisotopic (exact) mass is 353 g/mol. The van der Waals surface area contributed by atoms with Crippen LogP contribution in [0, 0.1) is 0 Å². The van der Waals surface area contributed by atoms with Crippen LogP contribution in [0.15, 0.2) is 22.0 Å². The minimum atomic E-state index is -1.45. The smallest absolute Gasteiger partial charge is 0.330 e. The fourth-order valence-corrected chi connectivity index (χ4v) is 2.60. The minimum absolute atomic E-state index is 0.00302. The third kappa shape index (κ3) is 3.02. The molecule has 0 aliphatic carbocycles. The zero-order valence-corrected chi connectivity index (χ0v) is 13.6. The molecule has 1 aliphatic heterocycles. The van der Waals surface area contributed by atoms with E-state index in [2.05, 4.69) is 15.3 Å². The minimum Gasteiger partial charge on any atom is -0.394 e. The molecule has 2 aromatic heterocycles. The number of aliphatic hydroxyl groups excluding tert-OH is 3. The van der Waals surface area contributed by atoms with Crippen LogP contribution < -0.4 is 11.2 Å². The van der Waals surface area contributed by atoms with Gasteiger partial charge < -0.3 is 20.1 Å². The van der Waals surface area contributed by atoms with Crippen molar-refractivity contribution in [3.63, 3.8) is 0 Å². The van der Waals surface area contributed by atoms with Crippen LogP contribution in [0.25, 0.3) is 5.69 Å². The Balaban J connectivity index is 2.04. The highest BCUT2D eigenvalue weighted by Crippen LogP contribution is 2.28. The number of hydrogen-bond donors (Lipinski definition) is 4. The second kappa shape index (κ2) is 6.52. The standard InChI is InChI=1S/C14H19N5O6/c1-6(2)7-3-19(17-16-7)8-4-18(14(24)15-12(8)23)13-11(22)10(21)9(5-20)25-13/h3-4,6,9-11,13,20-22H,5H2,1-2H3,(H,15,23,24)/t9-,10?,11+,13-/m1/s1. The summed E-state index contributed by atoms with van der Waals surface area (Å²) in [6.07, 6.45) is -2.39. The maximum absolute atomic E-state index is 12.1. The number of H-pyrrole nitrogens is 1. The summed E-state index contributed by atoms with van der Waals surface area (Å²) in [5.41, 5.74) is -0.859. The molecule has 3 rings (SSSR count). The zero-order chi connectivity index (χ0) is 18.3. The van der Waals surface area contributed by atoms with Crippen LogP contribution in [0.5, 0.6) is 0 Å². The molecule has 1 fully saturated rings. The molecule has 0 amide bonds. The Morgan fingerprint density at radius 3 is 2.56 bits per heavy atom. The second-order valence-corrected chi connectivity index (χ2v) is 6.15. The molecule has 1 saturated heterocycles. The van der Waals surface area contributed by atoms with Gasteiger partial charge in [-0.25, -0.2) is 9.48 Å². The van der Waals surface area contributed by atoms with Crippen molar-refractivity contribution in [3.05, 3.63) is 38.9 Å². The van der Waals surface area contributed by atoms with Crippen LogP contribution >= 0.6 is 0 Å². The van der Waals surface area contributed by atoms with Gasteiger partial charge in [-0.1, -0.05) is 19.1 Å². The van der Waals surface area contributed by atoms with E-state index in [4.69, 9.17) is 9.84 Å². The first-order valence-electron chi connectivity index (χ1n) is 7.74. The van der Waals surface area contributed by atoms with Gasteiger partial charge in [0.15, 0.2) is 6.23 Å². The molecule has 0 bridgehead atoms. The summed E-state index contributed by atoms with van der Waals surface area (Å²) in [7, 11) is 0. The van der Waals surface area contributed by atoms with Crippen molar-refractivity contribution in [2.24, 2.45) is 0 Å². The highest BCUT2D eigenvalue weighted by Gasteiger charge is 2.43. The average Bonchev–Trinajstić information content (AvgIpc) is 3.15. The van der Waals surface area contributed by atoms with E-state index in [0.717, 1.165) is 4.57 Å². The van der Waals surface area contributed by atoms with Crippen molar-refractivity contribution < 1.29 is 20.1 Å². The number of aromatic nitrogens is 5. The Labute approximate surface area is 141 Å². The molecule has 25 heavy (non-hydrogen) atoms. The van der Waals surface area contributed by atoms with E-state index < -0.39 is 42.4 Å². The number of aromatic amines is 1. The van der Waals surface area contributed by atoms with Crippen LogP contribution in [-0.2, 0) is 4.74 Å². The number of nitrogens with zero attached hydrogens (tertiary/aromatic N) is 4. The number of nitrogens with one attached hydrogen (secondary N) is 1. The van der Waals surface area contributed by atoms with Gasteiger partial charge in [0.2, 0.25) is 0 Å². The molecular weight excluding hydrogens is 334 g/mol. The number of aliphatic hydroxyl groups is 3. The summed E-state index contributed by atoms with van der Waals surface area (Å²) in [6.45, 7) is 3.30. The van der Waals surface area contributed by atoms with E-state index in [1.807, 2.05) is 13.8 Å². The van der Waals surface area contributed by atoms with Gasteiger partial charge in [-0.2, -0.15) is 0 Å². The van der Waals surface area contributed by atoms with Gasteiger partial charge in [0.1, 0.15) is 24.0 Å². The summed E-state index contributed by atoms with van der Waals surface area (Å²) in [5, 5.41) is 36.9. The number of hydrogen-bond acceptors (Lipinski definition) is 8. The lowest BCUT2D eigenvalue weighted by Crippen LogP contribution is -2.39. The molecule has 4 N–H and O–H groups in total. The molecule has 4 atom stereocenters. The molecule has 0 saturated carbocycles. The maximum Gasteiger partial charge on any atom is 0.330 e. The third-order valence-electron chi connectivity index (χ3n) is 4.09. The van der Waals surface area contributed by atoms with E-state index >= 15 is 0 Å². The van der Waals surface area contributed by atoms with Crippen LogP contribution in [-0.4, -0.2) is 64.8 Å². The number of ether oxygens (including phenoxy) is 1. The predicted molar refractivity (Wildman–Crippen MR) is 83.3 cm³/mol. The van der Waals surface area contributed by atoms with E-state index in [1.54, 1.807) is 6.20 Å². The van der Waals surface area contributed by atoms with Crippen molar-refractivity contribution in [3.8, 4) is 5.69 Å². The van der Waals surface area contributed by atoms with Crippen LogP contribution in [0.3, 0.4) is 0 Å². The first kappa shape index (κ1) is 17.5. The normalized spacial score (nSPS) is 26.5. The van der Waals surface area contributed by atoms with Gasteiger partial charge in [-0.3, -0.25) is 14.3 Å². The average molecular weight is 353 g/mol. The Kier molecular flexibility index (Phi) is 4.56. The van der Waals surface area contributed by atoms with Gasteiger partial charge in [-0.15, -0.1) is 5.10 Å². The Morgan fingerprint density at radius 1 is 1.28 bits per heavy atom. The third-order valence-corrected chi connectivity index (χ3v) is 4.09. The van der Waals surface area contributed by atoms with Gasteiger partial charge >= 0.3 is 5.69 Å². The molecule has 11 heteroatoms. The van der Waals surface area contributed by atoms with Gasteiger partial charge in [0.05, 0.1) is 18.5 Å². The van der Waals surface area contributed by atoms with Crippen LogP contribution in [0.2, 0.25) is 0 Å². The van der Waals surface area contributed by atoms with E-state index in [-0.39, 0.29) is 11.6 Å². The molecule has 11 nitrogen and oxygen atoms in total. The largest absolute Gasteiger partial charge is 0.394 e. The highest BCUT2D eigenvalue weighted by molar-refractivity contribution is 5.24. The van der Waals surface area contributed by atoms with Crippen LogP contribution in [0.1, 0.15) is 31.7 Å². The summed E-state index contributed by atoms with van der Waals surface area (Å²) in [4.78, 5) is 26.3. The van der Waals surface area contributed by atoms with Gasteiger partial charge in [0, 0.05) is 6.20 Å². The number of rotatable bonds is 4. The van der Waals surface area contributed by atoms with E-state index in [1.165, 1.54) is 10.9 Å². The van der Waals surface area contributed by atoms with E-state index in [0.29, 0.717) is 5.69 Å². The predicted octanol–water partition coefficient (Wildman–Crippen LogP) is -2.15. The fraction of sp³-hybridized carbons (Fsp3) is 0.571. The Morgan fingerprint density at radius 2 is 2.00 bits per heavy atom. The molecule has 0 aromatic carbocycles. The van der Waals surface area contributed by atoms with Crippen molar-refractivity contribution in [1.29, 1.82) is 0 Å². The lowest BCUT2D eigenvalue weighted by Gasteiger charge is -2.17. The summed E-state index contributed by atoms with van der Waals surface area (Å²) >= 11 is 0. The molecule has 2 aromatic rings. The van der Waals surface area contributed by atoms with Crippen LogP contribution in [0.4, 0.5) is 0 Å². The molecular formula is C14H19N5O6. The molecule has 0 radical (unpaired) electrons. The second-order valence-electron chi connectivity index (χ2n) is 6.15. The van der Waals surface area contributed by atoms with Gasteiger partial charge in [0.25, 0.3) is 5.56 Å². The lowest BCUT2D eigenvalue weighted by atomic mass is 10.1. The first-order chi connectivity index (χ1) is 11.8. The molecule has 1 unspecified atom stereocenters. The van der Waals surface area contributed by atoms with Crippen molar-refractivity contribution in [2.45, 2.75) is 44.3 Å². The molecule has 1 aliphatic rings. The molecule has 3 heterocycles. The van der Waals surface area contributed by atoms with E-state index in [9.17, 15) is 19.8 Å². The van der Waals surface area contributed by atoms with Crippen molar-refractivity contribution in [1.82, 2.24) is 24.5 Å². The highest BCUT2D eigenvalue weighted by atomic mass is 16.6. The fourth-order valence-electron chi connectivity index (χ4n) is 2.60. The SMILES string of the molecule is CC(C)c1cn(-c2cn([C@@H]3O[C@H](CO)C(O)[C@@H]3O)c(=O)[nH]c2=O)nn1. The Bertz CT molecular complexity index is 871. The quantitative estimate of drug-likeness (QED) is 0.485. The maximum atomic E-state index is 12.1. The summed E-state index contributed by atoms with van der Waals surface area (Å²) in [6, 6.07) is 0. The summed E-state index contributed by atoms with van der Waals surface area (Å²) in [5.74, 6) is 0.0965. The van der Waals surface area contributed by atoms with Crippen molar-refractivity contribution in [2.75, 3.05) is 6.61 Å². The topological polar surface area (TPSA) is 155 Å². The molecule has 0 spiro atoms. The lowest BCUT2D eigenvalue weighted by molar-refractivity contribution is -0.0550. The zero-order valence-electron chi connectivity index (χ0n) is 13.6. The summed E-state index contributed by atoms with van der Waals surface area (Å²) < 4.78 is 7.48. The first-order valence-corrected chi connectivity index (χ1v) is 7.74. The van der Waals surface area contributed by atoms with Crippen molar-refractivity contribution >= 4 is 0 Å². The molecule has 136 valence electrons.